The van der Waals surface area contributed by atoms with Crippen LogP contribution < -0.4 is 5.32 Å². The van der Waals surface area contributed by atoms with Crippen LogP contribution in [0.2, 0.25) is 0 Å². The normalized spacial score (nSPS) is 10.9. The molecule has 0 spiro atoms. The molecule has 92 valence electrons. The average Bonchev–Trinajstić information content (AvgIpc) is 2.75. The molecule has 1 N–H and O–H groups in total. The van der Waals surface area contributed by atoms with Crippen molar-refractivity contribution in [2.75, 3.05) is 11.0 Å². The summed E-state index contributed by atoms with van der Waals surface area (Å²) in [6.07, 6.45) is 6.93. The van der Waals surface area contributed by atoms with Crippen molar-refractivity contribution in [3.05, 3.63) is 12.2 Å². The van der Waals surface area contributed by atoms with Crippen LogP contribution in [0.5, 0.6) is 0 Å². The molecule has 1 aromatic heterocycles. The maximum atomic E-state index is 4.22. The summed E-state index contributed by atoms with van der Waals surface area (Å²) in [6.45, 7) is 4.90. The molecule has 0 atom stereocenters. The Kier molecular flexibility index (Phi) is 7.75. The minimum absolute atomic E-state index is 0.833. The first-order chi connectivity index (χ1) is 7.88. The highest BCUT2D eigenvalue weighted by Crippen LogP contribution is 2.01. The molecule has 0 aliphatic heterocycles. The Hall–Kier alpha value is -0.170. The Morgan fingerprint density at radius 1 is 1.31 bits per heavy atom. The van der Waals surface area contributed by atoms with Crippen LogP contribution in [0, 0.1) is 0 Å². The molecule has 0 aromatic carbocycles. The Bertz CT molecular complexity index is 275. The van der Waals surface area contributed by atoms with E-state index in [1.54, 1.807) is 6.33 Å². The second kappa shape index (κ2) is 8.92. The smallest absolute Gasteiger partial charge is 0.140 e. The van der Waals surface area contributed by atoms with Gasteiger partial charge in [0.25, 0.3) is 0 Å². The molecule has 0 saturated heterocycles. The molecule has 16 heavy (non-hydrogen) atoms. The first kappa shape index (κ1) is 13.9. The zero-order valence-corrected chi connectivity index (χ0v) is 12.1. The number of nitrogens with zero attached hydrogens (tertiary/aromatic N) is 3. The van der Waals surface area contributed by atoms with E-state index in [-0.39, 0.29) is 0 Å². The van der Waals surface area contributed by atoms with Gasteiger partial charge in [-0.2, -0.15) is 5.10 Å². The number of aromatic nitrogens is 3. The fourth-order valence-corrected chi connectivity index (χ4v) is 2.13. The third-order valence-corrected chi connectivity index (χ3v) is 3.28. The number of nitrogens with one attached hydrogen (secondary N) is 1. The van der Waals surface area contributed by atoms with E-state index in [1.807, 2.05) is 4.68 Å². The van der Waals surface area contributed by atoms with Gasteiger partial charge in [-0.25, -0.2) is 9.67 Å². The number of alkyl halides is 1. The number of aryl methyl sites for hydroxylation is 1. The van der Waals surface area contributed by atoms with Gasteiger partial charge in [0.15, 0.2) is 0 Å². The maximum absolute atomic E-state index is 4.22. The Morgan fingerprint density at radius 2 is 2.12 bits per heavy atom. The molecule has 1 aromatic rings. The van der Waals surface area contributed by atoms with Crippen molar-refractivity contribution in [2.24, 2.45) is 0 Å². The van der Waals surface area contributed by atoms with E-state index in [1.165, 1.54) is 30.1 Å². The van der Waals surface area contributed by atoms with Crippen LogP contribution in [-0.4, -0.2) is 25.7 Å². The molecule has 1 rings (SSSR count). The molecule has 0 aliphatic rings. The van der Waals surface area contributed by atoms with E-state index >= 15 is 0 Å². The van der Waals surface area contributed by atoms with Crippen LogP contribution in [0.15, 0.2) is 6.33 Å². The molecule has 4 nitrogen and oxygen atoms in total. The summed E-state index contributed by atoms with van der Waals surface area (Å²) in [7, 11) is 0. The van der Waals surface area contributed by atoms with Gasteiger partial charge in [-0.3, -0.25) is 0 Å². The zero-order valence-electron chi connectivity index (χ0n) is 9.95. The van der Waals surface area contributed by atoms with Gasteiger partial charge in [-0.05, 0) is 30.7 Å². The molecule has 1 heterocycles. The minimum Gasteiger partial charge on any atom is -0.310 e. The summed E-state index contributed by atoms with van der Waals surface area (Å²) in [6, 6.07) is 0. The number of hydrogen-bond acceptors (Lipinski definition) is 3. The summed E-state index contributed by atoms with van der Waals surface area (Å²) in [5, 5.41) is 7.55. The fourth-order valence-electron chi connectivity index (χ4n) is 1.59. The van der Waals surface area contributed by atoms with Crippen molar-refractivity contribution in [1.82, 2.24) is 20.1 Å². The monoisotopic (exact) mass is 336 g/mol. The molecule has 0 amide bonds. The summed E-state index contributed by atoms with van der Waals surface area (Å²) in [5.41, 5.74) is 0. The van der Waals surface area contributed by atoms with Crippen molar-refractivity contribution in [1.29, 1.82) is 0 Å². The topological polar surface area (TPSA) is 42.7 Å². The number of hydrogen-bond donors (Lipinski definition) is 1. The average molecular weight is 336 g/mol. The van der Waals surface area contributed by atoms with Crippen LogP contribution >= 0.6 is 22.6 Å². The highest BCUT2D eigenvalue weighted by atomic mass is 127. The lowest BCUT2D eigenvalue weighted by Gasteiger charge is -2.05. The van der Waals surface area contributed by atoms with Gasteiger partial charge in [0, 0.05) is 6.54 Å². The molecule has 0 aliphatic carbocycles. The standard InChI is InChI=1S/C11H21IN4/c1-2-16-11(14-10-15-16)9-13-8-6-4-3-5-7-12/h10,13H,2-9H2,1H3. The molecular weight excluding hydrogens is 315 g/mol. The van der Waals surface area contributed by atoms with Crippen LogP contribution in [0.1, 0.15) is 38.4 Å². The second-order valence-corrected chi connectivity index (χ2v) is 4.85. The van der Waals surface area contributed by atoms with Crippen LogP contribution in [-0.2, 0) is 13.1 Å². The highest BCUT2D eigenvalue weighted by molar-refractivity contribution is 14.1. The summed E-state index contributed by atoms with van der Waals surface area (Å²) < 4.78 is 3.22. The van der Waals surface area contributed by atoms with Crippen LogP contribution in [0.4, 0.5) is 0 Å². The molecule has 0 unspecified atom stereocenters. The van der Waals surface area contributed by atoms with E-state index in [4.69, 9.17) is 0 Å². The van der Waals surface area contributed by atoms with E-state index in [0.29, 0.717) is 0 Å². The van der Waals surface area contributed by atoms with E-state index in [2.05, 4.69) is 44.9 Å². The zero-order chi connectivity index (χ0) is 11.6. The maximum Gasteiger partial charge on any atom is 0.140 e. The van der Waals surface area contributed by atoms with Crippen LogP contribution in [0.25, 0.3) is 0 Å². The lowest BCUT2D eigenvalue weighted by atomic mass is 10.2. The predicted molar refractivity (Wildman–Crippen MR) is 74.8 cm³/mol. The summed E-state index contributed by atoms with van der Waals surface area (Å²) in [4.78, 5) is 4.22. The van der Waals surface area contributed by atoms with Gasteiger partial charge < -0.3 is 5.32 Å². The second-order valence-electron chi connectivity index (χ2n) is 3.77. The van der Waals surface area contributed by atoms with E-state index in [9.17, 15) is 0 Å². The fraction of sp³-hybridized carbons (Fsp3) is 0.818. The first-order valence-corrected chi connectivity index (χ1v) is 7.54. The van der Waals surface area contributed by atoms with Gasteiger partial charge in [0.1, 0.15) is 12.2 Å². The minimum atomic E-state index is 0.833. The Balaban J connectivity index is 2.03. The first-order valence-electron chi connectivity index (χ1n) is 6.01. The predicted octanol–water partition coefficient (Wildman–Crippen LogP) is 2.38. The lowest BCUT2D eigenvalue weighted by Crippen LogP contribution is -2.18. The van der Waals surface area contributed by atoms with Crippen molar-refractivity contribution >= 4 is 22.6 Å². The third-order valence-electron chi connectivity index (χ3n) is 2.52. The molecule has 0 fully saturated rings. The number of halogens is 1. The van der Waals surface area contributed by atoms with Gasteiger partial charge in [-0.15, -0.1) is 0 Å². The van der Waals surface area contributed by atoms with Gasteiger partial charge in [0.2, 0.25) is 0 Å². The van der Waals surface area contributed by atoms with Gasteiger partial charge in [-0.1, -0.05) is 35.4 Å². The highest BCUT2D eigenvalue weighted by Gasteiger charge is 2.00. The van der Waals surface area contributed by atoms with E-state index < -0.39 is 0 Å². The quantitative estimate of drug-likeness (QED) is 0.428. The molecule has 5 heteroatoms. The lowest BCUT2D eigenvalue weighted by molar-refractivity contribution is 0.551. The molecule has 0 saturated carbocycles. The van der Waals surface area contributed by atoms with Gasteiger partial charge >= 0.3 is 0 Å². The van der Waals surface area contributed by atoms with Crippen molar-refractivity contribution in [3.63, 3.8) is 0 Å². The third kappa shape index (κ3) is 5.25. The Labute approximate surface area is 111 Å². The van der Waals surface area contributed by atoms with Crippen molar-refractivity contribution < 1.29 is 0 Å². The SMILES string of the molecule is CCn1ncnc1CNCCCCCCI. The summed E-state index contributed by atoms with van der Waals surface area (Å²) >= 11 is 2.44. The number of rotatable bonds is 9. The van der Waals surface area contributed by atoms with E-state index in [0.717, 1.165) is 25.5 Å². The number of unbranched alkanes of at least 4 members (excludes halogenated alkanes) is 3. The van der Waals surface area contributed by atoms with Crippen LogP contribution in [0.3, 0.4) is 0 Å². The van der Waals surface area contributed by atoms with Crippen molar-refractivity contribution in [3.8, 4) is 0 Å². The Morgan fingerprint density at radius 3 is 2.88 bits per heavy atom. The van der Waals surface area contributed by atoms with Crippen molar-refractivity contribution in [2.45, 2.75) is 45.7 Å². The largest absolute Gasteiger partial charge is 0.310 e. The van der Waals surface area contributed by atoms with Gasteiger partial charge in [0.05, 0.1) is 6.54 Å². The summed E-state index contributed by atoms with van der Waals surface area (Å²) in [5.74, 6) is 1.04. The molecule has 0 bridgehead atoms. The molecular formula is C11H21IN4. The molecule has 0 radical (unpaired) electrons.